The maximum absolute atomic E-state index is 5.44. The van der Waals surface area contributed by atoms with E-state index in [4.69, 9.17) is 9.47 Å². The van der Waals surface area contributed by atoms with Crippen molar-refractivity contribution in [3.8, 4) is 0 Å². The Morgan fingerprint density at radius 3 is 1.75 bits per heavy atom. The van der Waals surface area contributed by atoms with Crippen LogP contribution in [0.1, 0.15) is 71.1 Å². The zero-order valence-corrected chi connectivity index (χ0v) is 13.8. The van der Waals surface area contributed by atoms with Gasteiger partial charge in [0.1, 0.15) is 0 Å². The second kappa shape index (κ2) is 8.38. The summed E-state index contributed by atoms with van der Waals surface area (Å²) in [5, 5.41) is 0. The fraction of sp³-hybridized carbons (Fsp3) is 1.00. The maximum atomic E-state index is 5.44. The van der Waals surface area contributed by atoms with E-state index in [0.29, 0.717) is 5.92 Å². The quantitative estimate of drug-likeness (QED) is 0.637. The third-order valence-electron chi connectivity index (χ3n) is 5.92. The third kappa shape index (κ3) is 4.21. The van der Waals surface area contributed by atoms with Crippen molar-refractivity contribution in [1.82, 2.24) is 0 Å². The molecule has 2 heteroatoms. The Bertz CT molecular complexity index is 246. The molecular weight excluding hydrogens is 248 g/mol. The fourth-order valence-electron chi connectivity index (χ4n) is 4.73. The van der Waals surface area contributed by atoms with Crippen LogP contribution in [0, 0.1) is 23.7 Å². The predicted molar refractivity (Wildman–Crippen MR) is 83.6 cm³/mol. The van der Waals surface area contributed by atoms with E-state index in [0.717, 1.165) is 17.8 Å². The van der Waals surface area contributed by atoms with E-state index in [9.17, 15) is 0 Å². The highest BCUT2D eigenvalue weighted by molar-refractivity contribution is 4.82. The Balaban J connectivity index is 1.72. The summed E-state index contributed by atoms with van der Waals surface area (Å²) in [6, 6.07) is 0. The SMILES string of the molecule is CCCC1CCC(C2CCC(C(OC)OC)CC2)CC1. The lowest BCUT2D eigenvalue weighted by Gasteiger charge is -2.39. The van der Waals surface area contributed by atoms with Crippen molar-refractivity contribution in [2.45, 2.75) is 77.4 Å². The summed E-state index contributed by atoms with van der Waals surface area (Å²) >= 11 is 0. The van der Waals surface area contributed by atoms with Crippen LogP contribution in [0.5, 0.6) is 0 Å². The minimum absolute atomic E-state index is 0.0243. The average Bonchev–Trinajstić information content (AvgIpc) is 2.50. The fourth-order valence-corrected chi connectivity index (χ4v) is 4.73. The van der Waals surface area contributed by atoms with Gasteiger partial charge in [-0.15, -0.1) is 0 Å². The van der Waals surface area contributed by atoms with Crippen molar-refractivity contribution in [1.29, 1.82) is 0 Å². The van der Waals surface area contributed by atoms with Gasteiger partial charge in [-0.1, -0.05) is 32.6 Å². The Morgan fingerprint density at radius 2 is 1.30 bits per heavy atom. The molecule has 0 aromatic carbocycles. The highest BCUT2D eigenvalue weighted by Crippen LogP contribution is 2.43. The van der Waals surface area contributed by atoms with Crippen molar-refractivity contribution in [3.05, 3.63) is 0 Å². The van der Waals surface area contributed by atoms with Crippen LogP contribution in [0.2, 0.25) is 0 Å². The molecule has 0 aromatic rings. The number of hydrogen-bond donors (Lipinski definition) is 0. The molecule has 0 unspecified atom stereocenters. The van der Waals surface area contributed by atoms with Crippen molar-refractivity contribution in [2.24, 2.45) is 23.7 Å². The highest BCUT2D eigenvalue weighted by atomic mass is 16.7. The maximum Gasteiger partial charge on any atom is 0.159 e. The molecule has 2 aliphatic rings. The zero-order chi connectivity index (χ0) is 14.4. The summed E-state index contributed by atoms with van der Waals surface area (Å²) in [4.78, 5) is 0. The van der Waals surface area contributed by atoms with E-state index in [1.165, 1.54) is 64.2 Å². The Labute approximate surface area is 125 Å². The summed E-state index contributed by atoms with van der Waals surface area (Å²) in [6.45, 7) is 2.33. The van der Waals surface area contributed by atoms with Gasteiger partial charge in [0.15, 0.2) is 6.29 Å². The van der Waals surface area contributed by atoms with Crippen molar-refractivity contribution >= 4 is 0 Å². The topological polar surface area (TPSA) is 18.5 Å². The van der Waals surface area contributed by atoms with Crippen LogP contribution < -0.4 is 0 Å². The summed E-state index contributed by atoms with van der Waals surface area (Å²) in [6.07, 6.45) is 14.2. The highest BCUT2D eigenvalue weighted by Gasteiger charge is 2.33. The lowest BCUT2D eigenvalue weighted by atomic mass is 9.68. The van der Waals surface area contributed by atoms with E-state index in [2.05, 4.69) is 6.92 Å². The first-order valence-corrected chi connectivity index (χ1v) is 8.84. The van der Waals surface area contributed by atoms with Crippen LogP contribution in [0.25, 0.3) is 0 Å². The van der Waals surface area contributed by atoms with Gasteiger partial charge in [0, 0.05) is 20.1 Å². The van der Waals surface area contributed by atoms with Gasteiger partial charge in [-0.2, -0.15) is 0 Å². The molecule has 0 radical (unpaired) electrons. The molecule has 0 N–H and O–H groups in total. The monoisotopic (exact) mass is 282 g/mol. The molecule has 0 bridgehead atoms. The second-order valence-corrected chi connectivity index (χ2v) is 7.08. The molecule has 0 atom stereocenters. The van der Waals surface area contributed by atoms with Gasteiger partial charge in [-0.25, -0.2) is 0 Å². The summed E-state index contributed by atoms with van der Waals surface area (Å²) in [5.74, 6) is 3.67. The number of rotatable bonds is 6. The van der Waals surface area contributed by atoms with Crippen LogP contribution in [0.3, 0.4) is 0 Å². The molecule has 2 aliphatic carbocycles. The average molecular weight is 282 g/mol. The molecule has 0 aliphatic heterocycles. The molecule has 0 saturated heterocycles. The van der Waals surface area contributed by atoms with Gasteiger partial charge in [0.05, 0.1) is 0 Å². The summed E-state index contributed by atoms with van der Waals surface area (Å²) in [7, 11) is 3.55. The minimum atomic E-state index is 0.0243. The number of ether oxygens (including phenoxy) is 2. The normalized spacial score (nSPS) is 35.4. The van der Waals surface area contributed by atoms with Gasteiger partial charge < -0.3 is 9.47 Å². The lowest BCUT2D eigenvalue weighted by Crippen LogP contribution is -2.32. The van der Waals surface area contributed by atoms with E-state index >= 15 is 0 Å². The second-order valence-electron chi connectivity index (χ2n) is 7.08. The standard InChI is InChI=1S/C18H34O2/c1-4-5-14-6-8-15(9-7-14)16-10-12-17(13-11-16)18(19-2)20-3/h14-18H,4-13H2,1-3H3. The number of hydrogen-bond acceptors (Lipinski definition) is 2. The van der Waals surface area contributed by atoms with E-state index in [-0.39, 0.29) is 6.29 Å². The summed E-state index contributed by atoms with van der Waals surface area (Å²) < 4.78 is 10.9. The molecular formula is C18H34O2. The molecule has 0 amide bonds. The van der Waals surface area contributed by atoms with Crippen LogP contribution >= 0.6 is 0 Å². The first kappa shape index (κ1) is 16.3. The Hall–Kier alpha value is -0.0800. The van der Waals surface area contributed by atoms with Crippen molar-refractivity contribution in [3.63, 3.8) is 0 Å². The predicted octanol–water partition coefficient (Wildman–Crippen LogP) is 5.02. The molecule has 0 heterocycles. The molecule has 2 nitrogen and oxygen atoms in total. The van der Waals surface area contributed by atoms with Crippen molar-refractivity contribution < 1.29 is 9.47 Å². The van der Waals surface area contributed by atoms with Crippen LogP contribution in [-0.2, 0) is 9.47 Å². The molecule has 2 fully saturated rings. The van der Waals surface area contributed by atoms with E-state index in [1.54, 1.807) is 14.2 Å². The third-order valence-corrected chi connectivity index (χ3v) is 5.92. The van der Waals surface area contributed by atoms with E-state index < -0.39 is 0 Å². The first-order chi connectivity index (χ1) is 9.78. The Kier molecular flexibility index (Phi) is 6.83. The van der Waals surface area contributed by atoms with Gasteiger partial charge in [0.25, 0.3) is 0 Å². The van der Waals surface area contributed by atoms with Crippen LogP contribution in [0.15, 0.2) is 0 Å². The molecule has 118 valence electrons. The molecule has 2 rings (SSSR count). The smallest absolute Gasteiger partial charge is 0.159 e. The van der Waals surface area contributed by atoms with E-state index in [1.807, 2.05) is 0 Å². The zero-order valence-electron chi connectivity index (χ0n) is 13.8. The van der Waals surface area contributed by atoms with Gasteiger partial charge in [-0.3, -0.25) is 0 Å². The molecule has 20 heavy (non-hydrogen) atoms. The first-order valence-electron chi connectivity index (χ1n) is 8.84. The van der Waals surface area contributed by atoms with Gasteiger partial charge >= 0.3 is 0 Å². The molecule has 0 spiro atoms. The van der Waals surface area contributed by atoms with Gasteiger partial charge in [-0.05, 0) is 56.3 Å². The number of methoxy groups -OCH3 is 2. The summed E-state index contributed by atoms with van der Waals surface area (Å²) in [5.41, 5.74) is 0. The molecule has 0 aromatic heterocycles. The van der Waals surface area contributed by atoms with Crippen LogP contribution in [0.4, 0.5) is 0 Å². The van der Waals surface area contributed by atoms with Gasteiger partial charge in [0.2, 0.25) is 0 Å². The minimum Gasteiger partial charge on any atom is -0.356 e. The van der Waals surface area contributed by atoms with Crippen molar-refractivity contribution in [2.75, 3.05) is 14.2 Å². The van der Waals surface area contributed by atoms with Crippen LogP contribution in [-0.4, -0.2) is 20.5 Å². The molecule has 2 saturated carbocycles. The largest absolute Gasteiger partial charge is 0.356 e. The lowest BCUT2D eigenvalue weighted by molar-refractivity contribution is -0.146. The Morgan fingerprint density at radius 1 is 0.800 bits per heavy atom.